The monoisotopic (exact) mass is 421 g/mol. The van der Waals surface area contributed by atoms with Crippen LogP contribution in [-0.4, -0.2) is 17.1 Å². The molecule has 3 aromatic rings. The van der Waals surface area contributed by atoms with Crippen LogP contribution < -0.4 is 4.74 Å². The van der Waals surface area contributed by atoms with Crippen molar-refractivity contribution in [1.82, 2.24) is 9.97 Å². The first-order chi connectivity index (χ1) is 13.3. The lowest BCUT2D eigenvalue weighted by Gasteiger charge is -2.12. The van der Waals surface area contributed by atoms with E-state index in [9.17, 15) is 18.4 Å². The van der Waals surface area contributed by atoms with Crippen molar-refractivity contribution < 1.29 is 17.9 Å². The van der Waals surface area contributed by atoms with Gasteiger partial charge in [0.25, 0.3) is 0 Å². The highest BCUT2D eigenvalue weighted by Gasteiger charge is 2.35. The summed E-state index contributed by atoms with van der Waals surface area (Å²) >= 11 is 2.50. The summed E-state index contributed by atoms with van der Waals surface area (Å²) in [6.07, 6.45) is -4.60. The summed E-state index contributed by atoms with van der Waals surface area (Å²) in [5, 5.41) is 11.9. The number of thiazole rings is 1. The molecule has 144 valence electrons. The first-order valence-corrected chi connectivity index (χ1v) is 9.89. The van der Waals surface area contributed by atoms with E-state index in [-0.39, 0.29) is 10.7 Å². The molecule has 2 aromatic heterocycles. The van der Waals surface area contributed by atoms with Gasteiger partial charge in [0.2, 0.25) is 0 Å². The summed E-state index contributed by atoms with van der Waals surface area (Å²) in [7, 11) is 1.58. The number of aryl methyl sites for hydroxylation is 1. The SMILES string of the molecule is COc1cccc(-c2nc(CSc3nc(C)cc(C(F)(F)F)c3C#N)cs2)c1. The molecule has 0 unspecified atom stereocenters. The van der Waals surface area contributed by atoms with Gasteiger partial charge < -0.3 is 4.74 Å². The van der Waals surface area contributed by atoms with Crippen LogP contribution in [0.3, 0.4) is 0 Å². The Morgan fingerprint density at radius 1 is 1.25 bits per heavy atom. The maximum atomic E-state index is 13.2. The number of ether oxygens (including phenoxy) is 1. The van der Waals surface area contributed by atoms with Gasteiger partial charge in [0.1, 0.15) is 21.9 Å². The Bertz CT molecular complexity index is 1040. The average Bonchev–Trinajstić information content (AvgIpc) is 3.14. The minimum absolute atomic E-state index is 0.0609. The predicted octanol–water partition coefficient (Wildman–Crippen LogP) is 5.70. The first-order valence-electron chi connectivity index (χ1n) is 8.02. The Kier molecular flexibility index (Phi) is 5.91. The average molecular weight is 421 g/mol. The van der Waals surface area contributed by atoms with E-state index in [4.69, 9.17) is 4.74 Å². The van der Waals surface area contributed by atoms with Gasteiger partial charge in [0, 0.05) is 22.4 Å². The second kappa shape index (κ2) is 8.20. The largest absolute Gasteiger partial charge is 0.497 e. The lowest BCUT2D eigenvalue weighted by Crippen LogP contribution is -2.10. The maximum Gasteiger partial charge on any atom is 0.417 e. The second-order valence-electron chi connectivity index (χ2n) is 5.77. The number of thioether (sulfide) groups is 1. The third kappa shape index (κ3) is 4.46. The quantitative estimate of drug-likeness (QED) is 0.494. The van der Waals surface area contributed by atoms with E-state index in [1.165, 1.54) is 18.3 Å². The van der Waals surface area contributed by atoms with Crippen LogP contribution in [0.5, 0.6) is 5.75 Å². The minimum Gasteiger partial charge on any atom is -0.497 e. The number of nitriles is 1. The Morgan fingerprint density at radius 3 is 2.71 bits per heavy atom. The summed E-state index contributed by atoms with van der Waals surface area (Å²) < 4.78 is 44.8. The Morgan fingerprint density at radius 2 is 2.04 bits per heavy atom. The van der Waals surface area contributed by atoms with Gasteiger partial charge in [0.05, 0.1) is 23.9 Å². The number of halogens is 3. The molecule has 0 fully saturated rings. The van der Waals surface area contributed by atoms with Gasteiger partial charge >= 0.3 is 6.18 Å². The van der Waals surface area contributed by atoms with Gasteiger partial charge in [-0.1, -0.05) is 23.9 Å². The number of alkyl halides is 3. The van der Waals surface area contributed by atoms with Gasteiger partial charge in [-0.05, 0) is 25.1 Å². The van der Waals surface area contributed by atoms with Crippen molar-refractivity contribution in [2.24, 2.45) is 0 Å². The van der Waals surface area contributed by atoms with Crippen LogP contribution in [0.2, 0.25) is 0 Å². The highest BCUT2D eigenvalue weighted by Crippen LogP contribution is 2.37. The Balaban J connectivity index is 1.83. The fourth-order valence-corrected chi connectivity index (χ4v) is 4.35. The van der Waals surface area contributed by atoms with E-state index < -0.39 is 17.3 Å². The van der Waals surface area contributed by atoms with Crippen molar-refractivity contribution in [3.8, 4) is 22.4 Å². The number of rotatable bonds is 5. The van der Waals surface area contributed by atoms with Crippen LogP contribution in [0.15, 0.2) is 40.7 Å². The molecule has 0 aliphatic carbocycles. The number of methoxy groups -OCH3 is 1. The fraction of sp³-hybridized carbons (Fsp3) is 0.211. The molecule has 0 N–H and O–H groups in total. The standard InChI is InChI=1S/C19H14F3N3OS2/c1-11-6-16(19(20,21)22)15(8-23)18(24-11)28-10-13-9-27-17(25-13)12-4-3-5-14(7-12)26-2/h3-7,9H,10H2,1-2H3. The molecule has 28 heavy (non-hydrogen) atoms. The summed E-state index contributed by atoms with van der Waals surface area (Å²) in [6.45, 7) is 1.48. The molecule has 0 atom stereocenters. The number of hydrogen-bond acceptors (Lipinski definition) is 6. The number of pyridine rings is 1. The van der Waals surface area contributed by atoms with E-state index in [1.54, 1.807) is 13.2 Å². The molecule has 0 saturated heterocycles. The number of aromatic nitrogens is 2. The van der Waals surface area contributed by atoms with Gasteiger partial charge in [0.15, 0.2) is 0 Å². The van der Waals surface area contributed by atoms with E-state index in [0.717, 1.165) is 28.4 Å². The fourth-order valence-electron chi connectivity index (χ4n) is 2.48. The van der Waals surface area contributed by atoms with Crippen LogP contribution in [0.4, 0.5) is 13.2 Å². The number of nitrogens with zero attached hydrogens (tertiary/aromatic N) is 3. The molecule has 1 aromatic carbocycles. The lowest BCUT2D eigenvalue weighted by atomic mass is 10.1. The molecule has 9 heteroatoms. The van der Waals surface area contributed by atoms with Crippen molar-refractivity contribution in [2.45, 2.75) is 23.9 Å². The molecule has 3 rings (SSSR count). The summed E-state index contributed by atoms with van der Waals surface area (Å²) in [5.74, 6) is 1.02. The van der Waals surface area contributed by atoms with Crippen molar-refractivity contribution >= 4 is 23.1 Å². The third-order valence-electron chi connectivity index (χ3n) is 3.76. The van der Waals surface area contributed by atoms with Crippen LogP contribution in [0.1, 0.15) is 22.5 Å². The number of hydrogen-bond donors (Lipinski definition) is 0. The molecule has 0 spiro atoms. The molecular weight excluding hydrogens is 407 g/mol. The normalized spacial score (nSPS) is 11.3. The molecular formula is C19H14F3N3OS2. The van der Waals surface area contributed by atoms with Gasteiger partial charge in [-0.3, -0.25) is 0 Å². The second-order valence-corrected chi connectivity index (χ2v) is 7.59. The zero-order valence-electron chi connectivity index (χ0n) is 14.9. The van der Waals surface area contributed by atoms with Crippen molar-refractivity contribution in [3.05, 3.63) is 58.2 Å². The van der Waals surface area contributed by atoms with Crippen LogP contribution in [0.25, 0.3) is 10.6 Å². The molecule has 0 amide bonds. The topological polar surface area (TPSA) is 58.8 Å². The van der Waals surface area contributed by atoms with Crippen LogP contribution in [-0.2, 0) is 11.9 Å². The summed E-state index contributed by atoms with van der Waals surface area (Å²) in [4.78, 5) is 8.65. The van der Waals surface area contributed by atoms with Crippen molar-refractivity contribution in [3.63, 3.8) is 0 Å². The molecule has 0 aliphatic rings. The van der Waals surface area contributed by atoms with E-state index in [0.29, 0.717) is 17.2 Å². The van der Waals surface area contributed by atoms with E-state index in [1.807, 2.05) is 29.6 Å². The lowest BCUT2D eigenvalue weighted by molar-refractivity contribution is -0.138. The van der Waals surface area contributed by atoms with Crippen molar-refractivity contribution in [2.75, 3.05) is 7.11 Å². The predicted molar refractivity (Wildman–Crippen MR) is 102 cm³/mol. The molecule has 2 heterocycles. The Labute approximate surface area is 168 Å². The Hall–Kier alpha value is -2.57. The first kappa shape index (κ1) is 20.2. The third-order valence-corrected chi connectivity index (χ3v) is 5.71. The molecule has 0 aliphatic heterocycles. The van der Waals surface area contributed by atoms with Crippen LogP contribution >= 0.6 is 23.1 Å². The zero-order valence-corrected chi connectivity index (χ0v) is 16.5. The minimum atomic E-state index is -4.60. The molecule has 0 saturated carbocycles. The summed E-state index contributed by atoms with van der Waals surface area (Å²) in [6, 6.07) is 10.00. The van der Waals surface area contributed by atoms with E-state index >= 15 is 0 Å². The summed E-state index contributed by atoms with van der Waals surface area (Å²) in [5.41, 5.74) is 0.399. The highest BCUT2D eigenvalue weighted by molar-refractivity contribution is 7.98. The highest BCUT2D eigenvalue weighted by atomic mass is 32.2. The van der Waals surface area contributed by atoms with E-state index in [2.05, 4.69) is 9.97 Å². The van der Waals surface area contributed by atoms with Crippen LogP contribution in [0, 0.1) is 18.3 Å². The number of benzene rings is 1. The smallest absolute Gasteiger partial charge is 0.417 e. The molecule has 0 bridgehead atoms. The van der Waals surface area contributed by atoms with Gasteiger partial charge in [-0.25, -0.2) is 9.97 Å². The van der Waals surface area contributed by atoms with Gasteiger partial charge in [-0.2, -0.15) is 18.4 Å². The maximum absolute atomic E-state index is 13.2. The zero-order chi connectivity index (χ0) is 20.3. The molecule has 4 nitrogen and oxygen atoms in total. The van der Waals surface area contributed by atoms with Crippen molar-refractivity contribution in [1.29, 1.82) is 5.26 Å². The van der Waals surface area contributed by atoms with Gasteiger partial charge in [-0.15, -0.1) is 11.3 Å². The molecule has 0 radical (unpaired) electrons.